The largest absolute Gasteiger partial charge is 0.481 e. The van der Waals surface area contributed by atoms with E-state index in [-0.39, 0.29) is 24.8 Å². The van der Waals surface area contributed by atoms with Crippen molar-refractivity contribution in [2.45, 2.75) is 51.5 Å². The first kappa shape index (κ1) is 13.6. The lowest BCUT2D eigenvalue weighted by atomic mass is 9.91. The Kier molecular flexibility index (Phi) is 4.24. The molecule has 5 nitrogen and oxygen atoms in total. The normalized spacial score (nSPS) is 17.8. The molecule has 0 aliphatic heterocycles. The fraction of sp³-hybridized carbons (Fsp3) is 0.571. The highest BCUT2D eigenvalue weighted by Gasteiger charge is 2.26. The molecule has 1 heterocycles. The molecule has 1 aliphatic carbocycles. The number of fused-ring (bicyclic) bond motifs is 1. The van der Waals surface area contributed by atoms with Crippen LogP contribution in [0.1, 0.15) is 55.0 Å². The maximum absolute atomic E-state index is 11.8. The van der Waals surface area contributed by atoms with E-state index in [2.05, 4.69) is 5.32 Å². The first-order valence-corrected chi connectivity index (χ1v) is 6.66. The van der Waals surface area contributed by atoms with Crippen LogP contribution in [0.15, 0.2) is 10.7 Å². The predicted molar refractivity (Wildman–Crippen MR) is 68.8 cm³/mol. The molecule has 1 aliphatic rings. The van der Waals surface area contributed by atoms with Crippen LogP contribution in [0.4, 0.5) is 0 Å². The highest BCUT2D eigenvalue weighted by molar-refractivity contribution is 5.77. The van der Waals surface area contributed by atoms with E-state index in [1.807, 2.05) is 6.92 Å². The molecule has 1 aromatic heterocycles. The van der Waals surface area contributed by atoms with Crippen LogP contribution in [0.5, 0.6) is 0 Å². The van der Waals surface area contributed by atoms with Gasteiger partial charge in [0.1, 0.15) is 5.76 Å². The third-order valence-corrected chi connectivity index (χ3v) is 3.48. The molecule has 1 aromatic rings. The zero-order valence-electron chi connectivity index (χ0n) is 11.1. The van der Waals surface area contributed by atoms with Crippen molar-refractivity contribution in [3.63, 3.8) is 0 Å². The standard InChI is InChI=1S/C14H19NO4/c1-9-8-19-11-5-2-4-10(14(9)11)15-12(16)6-3-7-13(17)18/h8,10H,2-7H2,1H3,(H,15,16)(H,17,18). The maximum Gasteiger partial charge on any atom is 0.303 e. The lowest BCUT2D eigenvalue weighted by Gasteiger charge is -2.23. The molecule has 1 amide bonds. The van der Waals surface area contributed by atoms with E-state index in [0.717, 1.165) is 36.1 Å². The van der Waals surface area contributed by atoms with Crippen molar-refractivity contribution < 1.29 is 19.1 Å². The van der Waals surface area contributed by atoms with Crippen molar-refractivity contribution in [2.24, 2.45) is 0 Å². The van der Waals surface area contributed by atoms with E-state index in [1.54, 1.807) is 6.26 Å². The third-order valence-electron chi connectivity index (χ3n) is 3.48. The smallest absolute Gasteiger partial charge is 0.303 e. The van der Waals surface area contributed by atoms with Crippen molar-refractivity contribution in [3.05, 3.63) is 23.2 Å². The number of carbonyl (C=O) groups is 2. The molecule has 19 heavy (non-hydrogen) atoms. The number of aliphatic carboxylic acids is 1. The highest BCUT2D eigenvalue weighted by atomic mass is 16.4. The summed E-state index contributed by atoms with van der Waals surface area (Å²) in [5, 5.41) is 11.5. The van der Waals surface area contributed by atoms with Gasteiger partial charge in [-0.15, -0.1) is 0 Å². The van der Waals surface area contributed by atoms with E-state index in [0.29, 0.717) is 6.42 Å². The number of carboxylic acid groups (broad SMARTS) is 1. The SMILES string of the molecule is Cc1coc2c1C(NC(=O)CCCC(=O)O)CCC2. The summed E-state index contributed by atoms with van der Waals surface area (Å²) in [6.45, 7) is 1.98. The molecule has 1 unspecified atom stereocenters. The molecule has 0 radical (unpaired) electrons. The molecular weight excluding hydrogens is 246 g/mol. The Morgan fingerprint density at radius 2 is 2.26 bits per heavy atom. The van der Waals surface area contributed by atoms with E-state index in [1.165, 1.54) is 0 Å². The number of furan rings is 1. The summed E-state index contributed by atoms with van der Waals surface area (Å²) in [5.41, 5.74) is 2.18. The van der Waals surface area contributed by atoms with Gasteiger partial charge >= 0.3 is 5.97 Å². The molecular formula is C14H19NO4. The van der Waals surface area contributed by atoms with Gasteiger partial charge in [0.2, 0.25) is 5.91 Å². The average Bonchev–Trinajstić information content (AvgIpc) is 2.72. The molecule has 0 fully saturated rings. The molecule has 2 rings (SSSR count). The van der Waals surface area contributed by atoms with Gasteiger partial charge in [0.05, 0.1) is 12.3 Å². The van der Waals surface area contributed by atoms with Crippen molar-refractivity contribution in [3.8, 4) is 0 Å². The van der Waals surface area contributed by atoms with Crippen LogP contribution in [-0.2, 0) is 16.0 Å². The Morgan fingerprint density at radius 1 is 1.47 bits per heavy atom. The van der Waals surface area contributed by atoms with Gasteiger partial charge in [0, 0.05) is 24.8 Å². The summed E-state index contributed by atoms with van der Waals surface area (Å²) in [7, 11) is 0. The van der Waals surface area contributed by atoms with Gasteiger partial charge in [-0.2, -0.15) is 0 Å². The zero-order valence-corrected chi connectivity index (χ0v) is 11.1. The number of nitrogens with one attached hydrogen (secondary N) is 1. The van der Waals surface area contributed by atoms with Crippen LogP contribution in [-0.4, -0.2) is 17.0 Å². The second-order valence-corrected chi connectivity index (χ2v) is 5.02. The molecule has 0 saturated carbocycles. The monoisotopic (exact) mass is 265 g/mol. The molecule has 0 saturated heterocycles. The minimum absolute atomic E-state index is 0.0137. The van der Waals surface area contributed by atoms with Gasteiger partial charge in [-0.3, -0.25) is 9.59 Å². The van der Waals surface area contributed by atoms with Gasteiger partial charge in [-0.1, -0.05) is 0 Å². The van der Waals surface area contributed by atoms with Crippen LogP contribution in [0.25, 0.3) is 0 Å². The second kappa shape index (κ2) is 5.91. The van der Waals surface area contributed by atoms with Crippen LogP contribution < -0.4 is 5.32 Å². The molecule has 0 bridgehead atoms. The number of carboxylic acids is 1. The van der Waals surface area contributed by atoms with Crippen LogP contribution in [0.3, 0.4) is 0 Å². The van der Waals surface area contributed by atoms with E-state index >= 15 is 0 Å². The minimum Gasteiger partial charge on any atom is -0.481 e. The summed E-state index contributed by atoms with van der Waals surface area (Å²) in [5.74, 6) is 0.0257. The van der Waals surface area contributed by atoms with Crippen molar-refractivity contribution >= 4 is 11.9 Å². The Bertz CT molecular complexity index is 478. The van der Waals surface area contributed by atoms with Gasteiger partial charge in [-0.25, -0.2) is 0 Å². The number of aryl methyl sites for hydroxylation is 2. The number of amides is 1. The topological polar surface area (TPSA) is 79.5 Å². The number of rotatable bonds is 5. The van der Waals surface area contributed by atoms with Crippen molar-refractivity contribution in [1.82, 2.24) is 5.32 Å². The van der Waals surface area contributed by atoms with E-state index < -0.39 is 5.97 Å². The number of carbonyl (C=O) groups excluding carboxylic acids is 1. The quantitative estimate of drug-likeness (QED) is 0.856. The fourth-order valence-corrected chi connectivity index (χ4v) is 2.59. The molecule has 1 atom stereocenters. The second-order valence-electron chi connectivity index (χ2n) is 5.02. The molecule has 0 spiro atoms. The van der Waals surface area contributed by atoms with Crippen LogP contribution >= 0.6 is 0 Å². The van der Waals surface area contributed by atoms with E-state index in [9.17, 15) is 9.59 Å². The first-order valence-electron chi connectivity index (χ1n) is 6.66. The van der Waals surface area contributed by atoms with Crippen LogP contribution in [0.2, 0.25) is 0 Å². The Hall–Kier alpha value is -1.78. The van der Waals surface area contributed by atoms with Gasteiger partial charge in [-0.05, 0) is 31.7 Å². The number of hydrogen-bond donors (Lipinski definition) is 2. The molecule has 2 N–H and O–H groups in total. The number of hydrogen-bond acceptors (Lipinski definition) is 3. The third kappa shape index (κ3) is 3.36. The maximum atomic E-state index is 11.8. The van der Waals surface area contributed by atoms with E-state index in [4.69, 9.17) is 9.52 Å². The minimum atomic E-state index is -0.863. The lowest BCUT2D eigenvalue weighted by Crippen LogP contribution is -2.30. The first-order chi connectivity index (χ1) is 9.08. The summed E-state index contributed by atoms with van der Waals surface area (Å²) in [4.78, 5) is 22.2. The van der Waals surface area contributed by atoms with Crippen molar-refractivity contribution in [2.75, 3.05) is 0 Å². The van der Waals surface area contributed by atoms with Gasteiger partial charge in [0.15, 0.2) is 0 Å². The fourth-order valence-electron chi connectivity index (χ4n) is 2.59. The Balaban J connectivity index is 1.91. The average molecular weight is 265 g/mol. The summed E-state index contributed by atoms with van der Waals surface area (Å²) < 4.78 is 5.48. The summed E-state index contributed by atoms with van der Waals surface area (Å²) >= 11 is 0. The Morgan fingerprint density at radius 3 is 3.00 bits per heavy atom. The van der Waals surface area contributed by atoms with Crippen molar-refractivity contribution in [1.29, 1.82) is 0 Å². The van der Waals surface area contributed by atoms with Gasteiger partial charge in [0.25, 0.3) is 0 Å². The lowest BCUT2D eigenvalue weighted by molar-refractivity contribution is -0.137. The molecule has 5 heteroatoms. The zero-order chi connectivity index (χ0) is 13.8. The highest BCUT2D eigenvalue weighted by Crippen LogP contribution is 2.33. The Labute approximate surface area is 112 Å². The van der Waals surface area contributed by atoms with Gasteiger partial charge < -0.3 is 14.8 Å². The predicted octanol–water partition coefficient (Wildman–Crippen LogP) is 2.34. The van der Waals surface area contributed by atoms with Crippen LogP contribution in [0, 0.1) is 6.92 Å². The molecule has 0 aromatic carbocycles. The summed E-state index contributed by atoms with van der Waals surface area (Å²) in [6, 6.07) is 0.0137. The summed E-state index contributed by atoms with van der Waals surface area (Å²) in [6.07, 6.45) is 5.25. The molecule has 104 valence electrons.